The average Bonchev–Trinajstić information content (AvgIpc) is 3.80. The first kappa shape index (κ1) is 25.1. The molecule has 0 unspecified atom stereocenters. The van der Waals surface area contributed by atoms with E-state index in [1.165, 1.54) is 68.6 Å². The second kappa shape index (κ2) is 9.60. The number of para-hydroxylation sites is 1. The summed E-state index contributed by atoms with van der Waals surface area (Å²) in [6.45, 7) is 0. The molecular formula is C41H24N2S2. The molecule has 210 valence electrons. The summed E-state index contributed by atoms with van der Waals surface area (Å²) in [6, 6.07) is 52.9. The van der Waals surface area contributed by atoms with Crippen LogP contribution in [0.4, 0.5) is 0 Å². The van der Waals surface area contributed by atoms with E-state index < -0.39 is 0 Å². The minimum absolute atomic E-state index is 1.06. The number of thiazole rings is 1. The van der Waals surface area contributed by atoms with E-state index in [0.717, 1.165) is 21.8 Å². The van der Waals surface area contributed by atoms with Crippen LogP contribution in [-0.2, 0) is 0 Å². The van der Waals surface area contributed by atoms with E-state index in [1.807, 2.05) is 11.3 Å². The Bertz CT molecular complexity index is 2750. The highest BCUT2D eigenvalue weighted by atomic mass is 32.1. The molecule has 3 aromatic heterocycles. The van der Waals surface area contributed by atoms with Crippen LogP contribution in [0.5, 0.6) is 0 Å². The van der Waals surface area contributed by atoms with Gasteiger partial charge in [0.1, 0.15) is 5.01 Å². The Balaban J connectivity index is 1.17. The monoisotopic (exact) mass is 608 g/mol. The minimum Gasteiger partial charge on any atom is -0.309 e. The van der Waals surface area contributed by atoms with Crippen LogP contribution in [0, 0.1) is 0 Å². The fourth-order valence-corrected chi connectivity index (χ4v) is 9.11. The van der Waals surface area contributed by atoms with Crippen molar-refractivity contribution in [3.63, 3.8) is 0 Å². The number of aromatic nitrogens is 2. The van der Waals surface area contributed by atoms with E-state index in [4.69, 9.17) is 4.98 Å². The lowest BCUT2D eigenvalue weighted by atomic mass is 9.95. The quantitative estimate of drug-likeness (QED) is 0.195. The predicted octanol–water partition coefficient (Wildman–Crippen LogP) is 12.2. The van der Waals surface area contributed by atoms with Gasteiger partial charge in [0.15, 0.2) is 0 Å². The molecule has 0 radical (unpaired) electrons. The molecule has 0 saturated carbocycles. The molecule has 0 N–H and O–H groups in total. The largest absolute Gasteiger partial charge is 0.309 e. The zero-order valence-corrected chi connectivity index (χ0v) is 25.7. The summed E-state index contributed by atoms with van der Waals surface area (Å²) in [5, 5.41) is 8.68. The molecule has 7 aromatic carbocycles. The molecule has 0 atom stereocenters. The first-order valence-electron chi connectivity index (χ1n) is 15.1. The standard InChI is InChI=1S/C41H24N2S2/c1-2-10-25(11-3-1)32-24-33-29-13-6-8-16-34(29)43(40(33)30-14-5-4-12-28(30)32)27-20-18-26(19-21-27)41-42-39-37(45-41)23-22-36-38(39)31-15-7-9-17-35(31)44-36/h1-24H. The maximum absolute atomic E-state index is 5.22. The van der Waals surface area contributed by atoms with E-state index in [0.29, 0.717) is 0 Å². The van der Waals surface area contributed by atoms with Crippen molar-refractivity contribution in [1.29, 1.82) is 0 Å². The highest BCUT2D eigenvalue weighted by Crippen LogP contribution is 2.43. The molecule has 0 saturated heterocycles. The molecule has 3 heterocycles. The third-order valence-electron chi connectivity index (χ3n) is 9.03. The minimum atomic E-state index is 1.06. The Kier molecular flexibility index (Phi) is 5.35. The van der Waals surface area contributed by atoms with Gasteiger partial charge in [-0.2, -0.15) is 0 Å². The van der Waals surface area contributed by atoms with Gasteiger partial charge < -0.3 is 4.57 Å². The lowest BCUT2D eigenvalue weighted by Crippen LogP contribution is -1.95. The molecular weight excluding hydrogens is 585 g/mol. The summed E-state index contributed by atoms with van der Waals surface area (Å²) in [5.41, 5.74) is 8.35. The number of rotatable bonds is 3. The molecule has 0 aliphatic heterocycles. The summed E-state index contributed by atoms with van der Waals surface area (Å²) >= 11 is 3.62. The Labute approximate surface area is 267 Å². The van der Waals surface area contributed by atoms with E-state index in [9.17, 15) is 0 Å². The van der Waals surface area contributed by atoms with Gasteiger partial charge in [-0.15, -0.1) is 22.7 Å². The van der Waals surface area contributed by atoms with Crippen molar-refractivity contribution >= 4 is 85.6 Å². The fourth-order valence-electron chi connectivity index (χ4n) is 7.03. The average molecular weight is 609 g/mol. The van der Waals surface area contributed by atoms with Gasteiger partial charge in [-0.05, 0) is 71.1 Å². The van der Waals surface area contributed by atoms with Crippen LogP contribution in [0.15, 0.2) is 146 Å². The maximum Gasteiger partial charge on any atom is 0.124 e. The SMILES string of the molecule is c1ccc(-c2cc3c4ccccc4n(-c4ccc(-c5nc6c(ccc7sc8ccccc8c76)s5)cc4)c3c3ccccc23)cc1. The van der Waals surface area contributed by atoms with Crippen molar-refractivity contribution in [3.05, 3.63) is 146 Å². The van der Waals surface area contributed by atoms with Gasteiger partial charge in [0, 0.05) is 47.6 Å². The first-order chi connectivity index (χ1) is 22.3. The fraction of sp³-hybridized carbons (Fsp3) is 0. The molecule has 0 spiro atoms. The topological polar surface area (TPSA) is 17.8 Å². The van der Waals surface area contributed by atoms with Crippen molar-refractivity contribution in [2.75, 3.05) is 0 Å². The highest BCUT2D eigenvalue weighted by molar-refractivity contribution is 7.26. The Morgan fingerprint density at radius 3 is 2.00 bits per heavy atom. The zero-order chi connectivity index (χ0) is 29.5. The lowest BCUT2D eigenvalue weighted by Gasteiger charge is -2.13. The van der Waals surface area contributed by atoms with Gasteiger partial charge >= 0.3 is 0 Å². The molecule has 45 heavy (non-hydrogen) atoms. The van der Waals surface area contributed by atoms with Crippen molar-refractivity contribution in [3.8, 4) is 27.4 Å². The van der Waals surface area contributed by atoms with Gasteiger partial charge in [0.05, 0.1) is 21.3 Å². The van der Waals surface area contributed by atoms with Gasteiger partial charge in [0.2, 0.25) is 0 Å². The Hall–Kier alpha value is -5.29. The van der Waals surface area contributed by atoms with Crippen LogP contribution < -0.4 is 0 Å². The molecule has 2 nitrogen and oxygen atoms in total. The molecule has 10 rings (SSSR count). The van der Waals surface area contributed by atoms with E-state index in [-0.39, 0.29) is 0 Å². The molecule has 4 heteroatoms. The van der Waals surface area contributed by atoms with Crippen molar-refractivity contribution in [2.45, 2.75) is 0 Å². The van der Waals surface area contributed by atoms with Crippen molar-refractivity contribution < 1.29 is 0 Å². The normalized spacial score (nSPS) is 12.0. The second-order valence-corrected chi connectivity index (χ2v) is 13.6. The third-order valence-corrected chi connectivity index (χ3v) is 11.2. The molecule has 0 amide bonds. The first-order valence-corrected chi connectivity index (χ1v) is 16.8. The molecule has 10 aromatic rings. The number of nitrogens with zero attached hydrogens (tertiary/aromatic N) is 2. The highest BCUT2D eigenvalue weighted by Gasteiger charge is 2.18. The van der Waals surface area contributed by atoms with Crippen molar-refractivity contribution in [1.82, 2.24) is 9.55 Å². The molecule has 0 aliphatic rings. The van der Waals surface area contributed by atoms with Crippen LogP contribution in [0.3, 0.4) is 0 Å². The summed E-state index contributed by atoms with van der Waals surface area (Å²) in [4.78, 5) is 5.22. The van der Waals surface area contributed by atoms with Gasteiger partial charge in [-0.25, -0.2) is 4.98 Å². The molecule has 0 aliphatic carbocycles. The number of fused-ring (bicyclic) bond motifs is 10. The Morgan fingerprint density at radius 1 is 0.467 bits per heavy atom. The smallest absolute Gasteiger partial charge is 0.124 e. The Morgan fingerprint density at radius 2 is 1.16 bits per heavy atom. The summed E-state index contributed by atoms with van der Waals surface area (Å²) in [7, 11) is 0. The zero-order valence-electron chi connectivity index (χ0n) is 24.1. The molecule has 0 bridgehead atoms. The summed E-state index contributed by atoms with van der Waals surface area (Å²) in [6.07, 6.45) is 0. The van der Waals surface area contributed by atoms with Crippen LogP contribution in [-0.4, -0.2) is 9.55 Å². The lowest BCUT2D eigenvalue weighted by molar-refractivity contribution is 1.19. The van der Waals surface area contributed by atoms with Gasteiger partial charge in [-0.3, -0.25) is 0 Å². The van der Waals surface area contributed by atoms with Gasteiger partial charge in [-0.1, -0.05) is 91.0 Å². The van der Waals surface area contributed by atoms with E-state index in [2.05, 4.69) is 150 Å². The van der Waals surface area contributed by atoms with Crippen LogP contribution in [0.1, 0.15) is 0 Å². The number of benzene rings is 7. The van der Waals surface area contributed by atoms with Crippen LogP contribution >= 0.6 is 22.7 Å². The number of hydrogen-bond donors (Lipinski definition) is 0. The van der Waals surface area contributed by atoms with Gasteiger partial charge in [0.25, 0.3) is 0 Å². The number of thiophene rings is 1. The predicted molar refractivity (Wildman–Crippen MR) is 195 cm³/mol. The molecule has 0 fully saturated rings. The number of hydrogen-bond acceptors (Lipinski definition) is 3. The van der Waals surface area contributed by atoms with Crippen molar-refractivity contribution in [2.24, 2.45) is 0 Å². The second-order valence-electron chi connectivity index (χ2n) is 11.5. The maximum atomic E-state index is 5.22. The van der Waals surface area contributed by atoms with Crippen LogP contribution in [0.2, 0.25) is 0 Å². The van der Waals surface area contributed by atoms with E-state index >= 15 is 0 Å². The van der Waals surface area contributed by atoms with E-state index in [1.54, 1.807) is 11.3 Å². The summed E-state index contributed by atoms with van der Waals surface area (Å²) < 4.78 is 6.27. The third kappa shape index (κ3) is 3.70. The van der Waals surface area contributed by atoms with Crippen LogP contribution in [0.25, 0.3) is 90.4 Å². The summed E-state index contributed by atoms with van der Waals surface area (Å²) in [5.74, 6) is 0.